The van der Waals surface area contributed by atoms with Gasteiger partial charge in [0.1, 0.15) is 5.75 Å². The van der Waals surface area contributed by atoms with Gasteiger partial charge in [-0.05, 0) is 59.7 Å². The molecule has 0 unspecified atom stereocenters. The van der Waals surface area contributed by atoms with Crippen molar-refractivity contribution in [3.05, 3.63) is 85.2 Å². The van der Waals surface area contributed by atoms with Gasteiger partial charge in [0.25, 0.3) is 0 Å². The monoisotopic (exact) mass is 555 g/mol. The van der Waals surface area contributed by atoms with Crippen molar-refractivity contribution in [1.82, 2.24) is 15.0 Å². The van der Waals surface area contributed by atoms with Crippen molar-refractivity contribution < 1.29 is 23.9 Å². The third-order valence-corrected chi connectivity index (χ3v) is 3.88. The summed E-state index contributed by atoms with van der Waals surface area (Å²) in [5, 5.41) is 9.54. The standard InChI is InChI=1S/C21H15N3O.ClH.Pt/c25-17-9-7-15(8-10-17)16-13-20(18-5-1-3-11-22-18)24-21(14-16)19-6-2-4-12-23-19;;/h1-14,25H;1H;/q;;+2/p-1. The number of phenols is 1. The SMILES string of the molecule is Oc1ccc(-c2cc(-c3ccccn3)nc(-c3ccccn3)c2)cc1.[Cl][Pt+]. The van der Waals surface area contributed by atoms with Gasteiger partial charge in [-0.1, -0.05) is 24.3 Å². The summed E-state index contributed by atoms with van der Waals surface area (Å²) in [6.07, 6.45) is 3.51. The fraction of sp³-hybridized carbons (Fsp3) is 0. The van der Waals surface area contributed by atoms with E-state index in [-0.39, 0.29) is 5.75 Å². The Morgan fingerprint density at radius 3 is 1.59 bits per heavy atom. The number of hydrogen-bond donors (Lipinski definition) is 1. The van der Waals surface area contributed by atoms with Gasteiger partial charge in [0.2, 0.25) is 0 Å². The van der Waals surface area contributed by atoms with Crippen molar-refractivity contribution in [2.45, 2.75) is 0 Å². The predicted octanol–water partition coefficient (Wildman–Crippen LogP) is 5.27. The molecule has 27 heavy (non-hydrogen) atoms. The third kappa shape index (κ3) is 4.79. The third-order valence-electron chi connectivity index (χ3n) is 3.88. The first kappa shape index (κ1) is 19.2. The summed E-state index contributed by atoms with van der Waals surface area (Å²) in [5.41, 5.74) is 5.17. The Morgan fingerprint density at radius 2 is 1.15 bits per heavy atom. The van der Waals surface area contributed by atoms with Crippen LogP contribution < -0.4 is 0 Å². The van der Waals surface area contributed by atoms with Crippen molar-refractivity contribution in [3.8, 4) is 39.7 Å². The average Bonchev–Trinajstić information content (AvgIpc) is 2.76. The summed E-state index contributed by atoms with van der Waals surface area (Å²) in [6, 6.07) is 22.6. The molecule has 3 heterocycles. The van der Waals surface area contributed by atoms with E-state index in [2.05, 4.69) is 19.4 Å². The second-order valence-corrected chi connectivity index (χ2v) is 5.60. The fourth-order valence-corrected chi connectivity index (χ4v) is 2.64. The topological polar surface area (TPSA) is 58.9 Å². The Labute approximate surface area is 172 Å². The number of nitrogens with zero attached hydrogens (tertiary/aromatic N) is 3. The number of phenolic OH excluding ortho intramolecular Hbond substituents is 1. The molecule has 0 aliphatic rings. The molecule has 0 atom stereocenters. The number of pyridine rings is 3. The Bertz CT molecular complexity index is 939. The summed E-state index contributed by atoms with van der Waals surface area (Å²) in [5.74, 6) is 0.243. The minimum absolute atomic E-state index is 0.243. The number of hydrogen-bond acceptors (Lipinski definition) is 4. The number of halogens is 1. The predicted molar refractivity (Wildman–Crippen MR) is 104 cm³/mol. The second kappa shape index (κ2) is 9.40. The van der Waals surface area contributed by atoms with Crippen LogP contribution in [0.4, 0.5) is 0 Å². The minimum atomic E-state index is 0.243. The van der Waals surface area contributed by atoms with Crippen molar-refractivity contribution in [1.29, 1.82) is 0 Å². The van der Waals surface area contributed by atoms with Gasteiger partial charge >= 0.3 is 28.2 Å². The molecule has 1 aromatic carbocycles. The van der Waals surface area contributed by atoms with E-state index < -0.39 is 0 Å². The van der Waals surface area contributed by atoms with E-state index in [1.54, 1.807) is 43.3 Å². The zero-order chi connectivity index (χ0) is 19.1. The first-order chi connectivity index (χ1) is 13.3. The maximum atomic E-state index is 9.54. The molecule has 0 saturated carbocycles. The molecule has 0 spiro atoms. The molecule has 0 radical (unpaired) electrons. The first-order valence-electron chi connectivity index (χ1n) is 8.06. The van der Waals surface area contributed by atoms with Crippen molar-refractivity contribution in [2.75, 3.05) is 0 Å². The van der Waals surface area contributed by atoms with Crippen molar-refractivity contribution >= 4 is 9.42 Å². The Balaban J connectivity index is 0.00000102. The molecule has 136 valence electrons. The fourth-order valence-electron chi connectivity index (χ4n) is 2.64. The van der Waals surface area contributed by atoms with Crippen molar-refractivity contribution in [2.24, 2.45) is 0 Å². The van der Waals surface area contributed by atoms with Crippen molar-refractivity contribution in [3.63, 3.8) is 0 Å². The molecule has 6 heteroatoms. The van der Waals surface area contributed by atoms with Crippen LogP contribution in [-0.4, -0.2) is 20.1 Å². The summed E-state index contributed by atoms with van der Waals surface area (Å²) in [4.78, 5) is 13.6. The molecule has 0 saturated heterocycles. The van der Waals surface area contributed by atoms with E-state index >= 15 is 0 Å². The van der Waals surface area contributed by atoms with E-state index in [0.29, 0.717) is 0 Å². The van der Waals surface area contributed by atoms with Gasteiger partial charge in [-0.15, -0.1) is 0 Å². The Kier molecular flexibility index (Phi) is 6.69. The summed E-state index contributed by atoms with van der Waals surface area (Å²) in [7, 11) is 4.61. The van der Waals surface area contributed by atoms with E-state index in [1.807, 2.05) is 60.7 Å². The van der Waals surface area contributed by atoms with Gasteiger partial charge in [-0.3, -0.25) is 9.97 Å². The zero-order valence-corrected chi connectivity index (χ0v) is 17.1. The van der Waals surface area contributed by atoms with Crippen LogP contribution in [0.1, 0.15) is 0 Å². The molecule has 4 aromatic rings. The van der Waals surface area contributed by atoms with Gasteiger partial charge in [0, 0.05) is 12.4 Å². The van der Waals surface area contributed by atoms with E-state index in [1.165, 1.54) is 0 Å². The van der Waals surface area contributed by atoms with Gasteiger partial charge in [-0.2, -0.15) is 0 Å². The number of aromatic nitrogens is 3. The second-order valence-electron chi connectivity index (χ2n) is 5.60. The molecule has 1 N–H and O–H groups in total. The van der Waals surface area contributed by atoms with Crippen LogP contribution >= 0.6 is 9.42 Å². The van der Waals surface area contributed by atoms with Crippen LogP contribution in [-0.2, 0) is 18.8 Å². The van der Waals surface area contributed by atoms with Gasteiger partial charge < -0.3 is 5.11 Å². The van der Waals surface area contributed by atoms with Gasteiger partial charge in [0.15, 0.2) is 0 Å². The van der Waals surface area contributed by atoms with Gasteiger partial charge in [-0.25, -0.2) is 4.98 Å². The van der Waals surface area contributed by atoms with E-state index in [4.69, 9.17) is 4.98 Å². The molecular weight excluding hydrogens is 541 g/mol. The van der Waals surface area contributed by atoms with E-state index in [9.17, 15) is 5.11 Å². The van der Waals surface area contributed by atoms with Gasteiger partial charge in [0.05, 0.1) is 22.8 Å². The summed E-state index contributed by atoms with van der Waals surface area (Å²) < 4.78 is 0. The molecule has 0 amide bonds. The average molecular weight is 556 g/mol. The van der Waals surface area contributed by atoms with E-state index in [0.717, 1.165) is 33.9 Å². The quantitative estimate of drug-likeness (QED) is 0.374. The molecule has 0 aliphatic heterocycles. The first-order valence-corrected chi connectivity index (χ1v) is 10.9. The Hall–Kier alpha value is -2.55. The number of aromatic hydroxyl groups is 1. The zero-order valence-electron chi connectivity index (χ0n) is 14.1. The van der Waals surface area contributed by atoms with Crippen LogP contribution in [0.2, 0.25) is 0 Å². The summed E-state index contributed by atoms with van der Waals surface area (Å²) in [6.45, 7) is 0. The Morgan fingerprint density at radius 1 is 0.630 bits per heavy atom. The van der Waals surface area contributed by atoms with Crippen LogP contribution in [0.5, 0.6) is 5.75 Å². The summed E-state index contributed by atoms with van der Waals surface area (Å²) >= 11 is 1.61. The number of benzene rings is 1. The van der Waals surface area contributed by atoms with Crippen LogP contribution in [0.15, 0.2) is 85.2 Å². The maximum absolute atomic E-state index is 9.54. The molecule has 0 aliphatic carbocycles. The molecule has 3 aromatic heterocycles. The number of rotatable bonds is 3. The normalized spacial score (nSPS) is 10.0. The molecule has 0 bridgehead atoms. The molecule has 4 rings (SSSR count). The molecule has 4 nitrogen and oxygen atoms in total. The van der Waals surface area contributed by atoms with Crippen LogP contribution in [0.3, 0.4) is 0 Å². The molecular formula is C21H15ClN3OPt+. The van der Waals surface area contributed by atoms with Crippen LogP contribution in [0.25, 0.3) is 33.9 Å². The molecule has 0 fully saturated rings. The van der Waals surface area contributed by atoms with Crippen LogP contribution in [0, 0.1) is 0 Å².